The smallest absolute Gasteiger partial charge is 0.262 e. The van der Waals surface area contributed by atoms with Crippen LogP contribution < -0.4 is 0 Å². The van der Waals surface area contributed by atoms with Crippen molar-refractivity contribution in [2.45, 2.75) is 40.2 Å². The summed E-state index contributed by atoms with van der Waals surface area (Å²) in [6.45, 7) is 7.25. The highest BCUT2D eigenvalue weighted by atomic mass is 16.6. The molecule has 0 radical (unpaired) electrons. The van der Waals surface area contributed by atoms with Crippen LogP contribution in [0.3, 0.4) is 0 Å². The number of Topliss-reactive ketones (excluding diaryl/α,β-unsaturated/α-hetero) is 2. The Morgan fingerprint density at radius 2 is 1.71 bits per heavy atom. The molecule has 0 aromatic rings. The van der Waals surface area contributed by atoms with E-state index in [4.69, 9.17) is 0 Å². The zero-order valence-electron chi connectivity index (χ0n) is 10.6. The maximum Gasteiger partial charge on any atom is 0.262 e. The molecule has 1 atom stereocenters. The van der Waals surface area contributed by atoms with Crippen molar-refractivity contribution >= 4 is 11.6 Å². The summed E-state index contributed by atoms with van der Waals surface area (Å²) in [6, 6.07) is 0. The molecule has 0 N–H and O–H groups in total. The molecule has 0 aromatic heterocycles. The summed E-state index contributed by atoms with van der Waals surface area (Å²) in [5.41, 5.74) is -0.593. The number of hydrogen-bond acceptors (Lipinski definition) is 4. The van der Waals surface area contributed by atoms with Crippen molar-refractivity contribution < 1.29 is 14.5 Å². The van der Waals surface area contributed by atoms with Gasteiger partial charge in [-0.2, -0.15) is 0 Å². The van der Waals surface area contributed by atoms with Crippen LogP contribution in [0, 0.1) is 10.1 Å². The van der Waals surface area contributed by atoms with Gasteiger partial charge in [-0.05, 0) is 27.7 Å². The average molecular weight is 237 g/mol. The van der Waals surface area contributed by atoms with Crippen molar-refractivity contribution in [2.24, 2.45) is 0 Å². The second kappa shape index (κ2) is 3.91. The van der Waals surface area contributed by atoms with Gasteiger partial charge in [0, 0.05) is 28.6 Å². The zero-order valence-corrected chi connectivity index (χ0v) is 10.6. The maximum atomic E-state index is 11.9. The fourth-order valence-electron chi connectivity index (χ4n) is 2.12. The molecule has 1 aliphatic rings. The molecule has 92 valence electrons. The largest absolute Gasteiger partial charge is 0.294 e. The van der Waals surface area contributed by atoms with Gasteiger partial charge < -0.3 is 0 Å². The normalized spacial score (nSPS) is 25.4. The Hall–Kier alpha value is -1.78. The van der Waals surface area contributed by atoms with Gasteiger partial charge in [-0.1, -0.05) is 0 Å². The zero-order chi connectivity index (χ0) is 13.5. The third kappa shape index (κ3) is 1.62. The molecule has 5 heteroatoms. The third-order valence-corrected chi connectivity index (χ3v) is 3.68. The number of hydrogen-bond donors (Lipinski definition) is 0. The fourth-order valence-corrected chi connectivity index (χ4v) is 2.12. The molecule has 0 spiro atoms. The molecule has 0 fully saturated rings. The molecule has 0 aliphatic heterocycles. The Bertz CT molecular complexity index is 499. The van der Waals surface area contributed by atoms with Gasteiger partial charge in [0.1, 0.15) is 0 Å². The van der Waals surface area contributed by atoms with Crippen LogP contribution in [0.25, 0.3) is 0 Å². The molecule has 0 aromatic carbocycles. The minimum Gasteiger partial charge on any atom is -0.294 e. The number of nitrogens with zero attached hydrogens (tertiary/aromatic N) is 1. The summed E-state index contributed by atoms with van der Waals surface area (Å²) >= 11 is 0. The van der Waals surface area contributed by atoms with Crippen LogP contribution in [-0.4, -0.2) is 22.0 Å². The van der Waals surface area contributed by atoms with E-state index >= 15 is 0 Å². The van der Waals surface area contributed by atoms with Crippen molar-refractivity contribution in [3.05, 3.63) is 32.4 Å². The second-order valence-corrected chi connectivity index (χ2v) is 4.46. The monoisotopic (exact) mass is 237 g/mol. The first-order valence-electron chi connectivity index (χ1n) is 5.25. The quantitative estimate of drug-likeness (QED) is 0.417. The highest BCUT2D eigenvalue weighted by Crippen LogP contribution is 2.38. The van der Waals surface area contributed by atoms with Crippen molar-refractivity contribution in [2.75, 3.05) is 0 Å². The van der Waals surface area contributed by atoms with Gasteiger partial charge in [-0.15, -0.1) is 0 Å². The molecule has 1 aliphatic carbocycles. The molecule has 0 bridgehead atoms. The number of ketones is 2. The van der Waals surface area contributed by atoms with E-state index in [9.17, 15) is 19.7 Å². The van der Waals surface area contributed by atoms with Crippen molar-refractivity contribution in [3.63, 3.8) is 0 Å². The summed E-state index contributed by atoms with van der Waals surface area (Å²) in [7, 11) is 0. The van der Waals surface area contributed by atoms with E-state index < -0.39 is 22.0 Å². The van der Waals surface area contributed by atoms with Gasteiger partial charge in [0.25, 0.3) is 5.54 Å². The van der Waals surface area contributed by atoms with E-state index in [2.05, 4.69) is 0 Å². The fraction of sp³-hybridized carbons (Fsp3) is 0.500. The van der Waals surface area contributed by atoms with Crippen LogP contribution in [0.1, 0.15) is 34.6 Å². The Labute approximate surface area is 99.3 Å². The van der Waals surface area contributed by atoms with E-state index in [1.54, 1.807) is 6.92 Å². The van der Waals surface area contributed by atoms with Crippen LogP contribution in [0.5, 0.6) is 0 Å². The molecule has 1 unspecified atom stereocenters. The molecule has 1 rings (SSSR count). The number of allylic oxidation sites excluding steroid dienone is 2. The first-order chi connectivity index (χ1) is 7.65. The third-order valence-electron chi connectivity index (χ3n) is 3.68. The van der Waals surface area contributed by atoms with Gasteiger partial charge >= 0.3 is 0 Å². The van der Waals surface area contributed by atoms with Gasteiger partial charge in [-0.3, -0.25) is 19.7 Å². The number of carbonyl (C=O) groups excluding carboxylic acids is 2. The van der Waals surface area contributed by atoms with E-state index in [0.717, 1.165) is 0 Å². The molecular formula is C12H15NO4. The molecule has 0 saturated heterocycles. The van der Waals surface area contributed by atoms with E-state index in [1.807, 2.05) is 0 Å². The SMILES string of the molecule is CC(=O)C1=C(C)C(C)([N+](=O)[O-])C(C)=C(C)C1=O. The molecule has 0 heterocycles. The summed E-state index contributed by atoms with van der Waals surface area (Å²) in [5.74, 6) is -0.820. The summed E-state index contributed by atoms with van der Waals surface area (Å²) in [5, 5.41) is 11.2. The minimum atomic E-state index is -1.46. The van der Waals surface area contributed by atoms with E-state index in [-0.39, 0.29) is 11.1 Å². The topological polar surface area (TPSA) is 77.3 Å². The number of nitro groups is 1. The van der Waals surface area contributed by atoms with E-state index in [1.165, 1.54) is 27.7 Å². The molecule has 5 nitrogen and oxygen atoms in total. The first kappa shape index (κ1) is 13.3. The minimum absolute atomic E-state index is 0.0488. The van der Waals surface area contributed by atoms with Crippen LogP contribution in [0.2, 0.25) is 0 Å². The second-order valence-electron chi connectivity index (χ2n) is 4.46. The lowest BCUT2D eigenvalue weighted by atomic mass is 9.74. The van der Waals surface area contributed by atoms with E-state index in [0.29, 0.717) is 11.1 Å². The number of rotatable bonds is 2. The standard InChI is InChI=1S/C12H15NO4/c1-6-7(2)12(5,13(16)17)8(3)10(9(4)14)11(6)15/h1-5H3. The van der Waals surface area contributed by atoms with Crippen molar-refractivity contribution in [1.29, 1.82) is 0 Å². The van der Waals surface area contributed by atoms with Crippen LogP contribution in [0.15, 0.2) is 22.3 Å². The predicted octanol–water partition coefficient (Wildman–Crippen LogP) is 1.85. The maximum absolute atomic E-state index is 11.9. The van der Waals surface area contributed by atoms with Gasteiger partial charge in [0.15, 0.2) is 11.6 Å². The molecule has 17 heavy (non-hydrogen) atoms. The van der Waals surface area contributed by atoms with Crippen molar-refractivity contribution in [3.8, 4) is 0 Å². The molecule has 0 amide bonds. The lowest BCUT2D eigenvalue weighted by Crippen LogP contribution is -2.43. The Morgan fingerprint density at radius 1 is 1.24 bits per heavy atom. The Balaban J connectivity index is 3.66. The highest BCUT2D eigenvalue weighted by molar-refractivity contribution is 6.27. The van der Waals surface area contributed by atoms with Crippen LogP contribution in [0.4, 0.5) is 0 Å². The number of carbonyl (C=O) groups is 2. The van der Waals surface area contributed by atoms with Crippen LogP contribution in [-0.2, 0) is 9.59 Å². The summed E-state index contributed by atoms with van der Waals surface area (Å²) in [6.07, 6.45) is 0. The highest BCUT2D eigenvalue weighted by Gasteiger charge is 2.49. The average Bonchev–Trinajstić information content (AvgIpc) is 2.23. The first-order valence-corrected chi connectivity index (χ1v) is 5.25. The lowest BCUT2D eigenvalue weighted by molar-refractivity contribution is -0.542. The summed E-state index contributed by atoms with van der Waals surface area (Å²) < 4.78 is 0. The Kier molecular flexibility index (Phi) is 3.05. The predicted molar refractivity (Wildman–Crippen MR) is 62.2 cm³/mol. The molecule has 0 saturated carbocycles. The Morgan fingerprint density at radius 3 is 2.06 bits per heavy atom. The van der Waals surface area contributed by atoms with Crippen LogP contribution >= 0.6 is 0 Å². The van der Waals surface area contributed by atoms with Gasteiger partial charge in [0.2, 0.25) is 0 Å². The van der Waals surface area contributed by atoms with Gasteiger partial charge in [0.05, 0.1) is 5.57 Å². The van der Waals surface area contributed by atoms with Gasteiger partial charge in [-0.25, -0.2) is 0 Å². The summed E-state index contributed by atoms with van der Waals surface area (Å²) in [4.78, 5) is 34.2. The lowest BCUT2D eigenvalue weighted by Gasteiger charge is -2.29. The van der Waals surface area contributed by atoms with Crippen molar-refractivity contribution in [1.82, 2.24) is 0 Å². The molecular weight excluding hydrogens is 222 g/mol.